The first-order valence-corrected chi connectivity index (χ1v) is 10.3. The van der Waals surface area contributed by atoms with Gasteiger partial charge in [-0.15, -0.1) is 0 Å². The molecule has 2 N–H and O–H groups in total. The van der Waals surface area contributed by atoms with Crippen LogP contribution in [0.2, 0.25) is 0 Å². The molecule has 7 heteroatoms. The summed E-state index contributed by atoms with van der Waals surface area (Å²) in [4.78, 5) is 25.0. The second-order valence-corrected chi connectivity index (χ2v) is 7.58. The Morgan fingerprint density at radius 1 is 0.970 bits per heavy atom. The molecule has 0 aliphatic rings. The van der Waals surface area contributed by atoms with Gasteiger partial charge in [-0.2, -0.15) is 10.4 Å². The lowest BCUT2D eigenvalue weighted by molar-refractivity contribution is -0.115. The third-order valence-corrected chi connectivity index (χ3v) is 4.94. The fourth-order valence-electron chi connectivity index (χ4n) is 3.40. The van der Waals surface area contributed by atoms with Gasteiger partial charge in [-0.05, 0) is 48.9 Å². The second-order valence-electron chi connectivity index (χ2n) is 7.58. The largest absolute Gasteiger partial charge is 0.323 e. The number of benzene rings is 3. The van der Waals surface area contributed by atoms with Crippen LogP contribution < -0.4 is 10.6 Å². The van der Waals surface area contributed by atoms with Gasteiger partial charge in [-0.3, -0.25) is 9.59 Å². The molecule has 7 nitrogen and oxygen atoms in total. The number of anilines is 2. The number of nitriles is 1. The Balaban J connectivity index is 1.44. The Kier molecular flexibility index (Phi) is 6.28. The summed E-state index contributed by atoms with van der Waals surface area (Å²) in [6, 6.07) is 23.6. The fraction of sp³-hybridized carbons (Fsp3) is 0.0769. The zero-order valence-corrected chi connectivity index (χ0v) is 17.9. The minimum atomic E-state index is -0.300. The molecule has 3 aromatic carbocycles. The van der Waals surface area contributed by atoms with E-state index < -0.39 is 0 Å². The normalized spacial score (nSPS) is 10.3. The van der Waals surface area contributed by atoms with Crippen LogP contribution in [0.15, 0.2) is 85.2 Å². The number of hydrogen-bond acceptors (Lipinski definition) is 4. The molecular formula is C26H21N5O2. The molecule has 0 bridgehead atoms. The smallest absolute Gasteiger partial charge is 0.255 e. The van der Waals surface area contributed by atoms with E-state index in [4.69, 9.17) is 5.26 Å². The molecule has 4 aromatic rings. The molecule has 0 aliphatic carbocycles. The highest BCUT2D eigenvalue weighted by Gasteiger charge is 2.10. The van der Waals surface area contributed by atoms with Crippen molar-refractivity contribution in [1.29, 1.82) is 5.26 Å². The number of carbonyl (C=O) groups excluding carboxylic acids is 2. The van der Waals surface area contributed by atoms with E-state index in [9.17, 15) is 9.59 Å². The quantitative estimate of drug-likeness (QED) is 0.466. The Labute approximate surface area is 191 Å². The van der Waals surface area contributed by atoms with Crippen molar-refractivity contribution in [3.05, 3.63) is 107 Å². The second kappa shape index (κ2) is 9.62. The van der Waals surface area contributed by atoms with Crippen LogP contribution >= 0.6 is 0 Å². The lowest BCUT2D eigenvalue weighted by Crippen LogP contribution is -2.14. The maximum atomic E-state index is 12.7. The van der Waals surface area contributed by atoms with E-state index in [1.165, 1.54) is 0 Å². The Bertz CT molecular complexity index is 1370. The van der Waals surface area contributed by atoms with Crippen molar-refractivity contribution in [2.75, 3.05) is 10.6 Å². The zero-order chi connectivity index (χ0) is 23.2. The first kappa shape index (κ1) is 21.5. The average Bonchev–Trinajstić information content (AvgIpc) is 3.27. The molecule has 0 aliphatic heterocycles. The van der Waals surface area contributed by atoms with E-state index >= 15 is 0 Å². The van der Waals surface area contributed by atoms with Crippen LogP contribution in [0.3, 0.4) is 0 Å². The number of aryl methyl sites for hydroxylation is 1. The SMILES string of the molecule is Cc1cccc(CC(=O)Nc2cnn(-c3cccc(C(=O)Nc4cccc(C#N)c4)c3)c2)c1. The van der Waals surface area contributed by atoms with Crippen LogP contribution in [-0.2, 0) is 11.2 Å². The molecular weight excluding hydrogens is 414 g/mol. The highest BCUT2D eigenvalue weighted by Crippen LogP contribution is 2.16. The minimum Gasteiger partial charge on any atom is -0.323 e. The van der Waals surface area contributed by atoms with Gasteiger partial charge in [0.2, 0.25) is 5.91 Å². The average molecular weight is 435 g/mol. The van der Waals surface area contributed by atoms with Crippen LogP contribution in [0.5, 0.6) is 0 Å². The van der Waals surface area contributed by atoms with E-state index in [1.54, 1.807) is 59.5 Å². The standard InChI is InChI=1S/C26H21N5O2/c1-18-5-2-6-19(11-18)13-25(32)29-23-16-28-31(17-23)24-10-4-8-21(14-24)26(33)30-22-9-3-7-20(12-22)15-27/h2-12,14,16-17H,13H2,1H3,(H,29,32)(H,30,33). The third-order valence-electron chi connectivity index (χ3n) is 4.94. The molecule has 1 aromatic heterocycles. The van der Waals surface area contributed by atoms with E-state index in [2.05, 4.69) is 15.7 Å². The molecule has 162 valence electrons. The molecule has 2 amide bonds. The molecule has 0 atom stereocenters. The first-order valence-electron chi connectivity index (χ1n) is 10.3. The van der Waals surface area contributed by atoms with Gasteiger partial charge in [0, 0.05) is 11.3 Å². The van der Waals surface area contributed by atoms with Gasteiger partial charge >= 0.3 is 0 Å². The highest BCUT2D eigenvalue weighted by atomic mass is 16.2. The fourth-order valence-corrected chi connectivity index (χ4v) is 3.40. The zero-order valence-electron chi connectivity index (χ0n) is 17.9. The maximum absolute atomic E-state index is 12.7. The van der Waals surface area contributed by atoms with E-state index in [1.807, 2.05) is 43.3 Å². The number of hydrogen-bond donors (Lipinski definition) is 2. The van der Waals surface area contributed by atoms with Crippen molar-refractivity contribution < 1.29 is 9.59 Å². The summed E-state index contributed by atoms with van der Waals surface area (Å²) in [5.74, 6) is -0.432. The summed E-state index contributed by atoms with van der Waals surface area (Å²) in [5.41, 5.74) is 4.74. The molecule has 4 rings (SSSR count). The van der Waals surface area contributed by atoms with E-state index in [0.717, 1.165) is 11.1 Å². The Morgan fingerprint density at radius 2 is 1.79 bits per heavy atom. The van der Waals surface area contributed by atoms with Crippen molar-refractivity contribution in [2.24, 2.45) is 0 Å². The summed E-state index contributed by atoms with van der Waals surface area (Å²) in [7, 11) is 0. The van der Waals surface area contributed by atoms with Gasteiger partial charge in [0.25, 0.3) is 5.91 Å². The highest BCUT2D eigenvalue weighted by molar-refractivity contribution is 6.04. The van der Waals surface area contributed by atoms with Crippen molar-refractivity contribution in [1.82, 2.24) is 9.78 Å². The number of rotatable bonds is 6. The van der Waals surface area contributed by atoms with E-state index in [-0.39, 0.29) is 18.2 Å². The lowest BCUT2D eigenvalue weighted by atomic mass is 10.1. The number of nitrogens with one attached hydrogen (secondary N) is 2. The number of aromatic nitrogens is 2. The molecule has 0 fully saturated rings. The van der Waals surface area contributed by atoms with Gasteiger partial charge in [0.1, 0.15) is 0 Å². The minimum absolute atomic E-state index is 0.132. The number of amides is 2. The first-order chi connectivity index (χ1) is 16.0. The molecule has 0 spiro atoms. The number of nitrogens with zero attached hydrogens (tertiary/aromatic N) is 3. The topological polar surface area (TPSA) is 99.8 Å². The van der Waals surface area contributed by atoms with Crippen LogP contribution in [0, 0.1) is 18.3 Å². The Morgan fingerprint density at radius 3 is 2.61 bits per heavy atom. The number of carbonyl (C=O) groups is 2. The molecule has 0 unspecified atom stereocenters. The summed E-state index contributed by atoms with van der Waals surface area (Å²) in [5, 5.41) is 19.0. The molecule has 33 heavy (non-hydrogen) atoms. The van der Waals surface area contributed by atoms with Gasteiger partial charge in [-0.1, -0.05) is 42.0 Å². The van der Waals surface area contributed by atoms with Crippen LogP contribution in [-0.4, -0.2) is 21.6 Å². The summed E-state index contributed by atoms with van der Waals surface area (Å²) in [6.07, 6.45) is 3.53. The molecule has 0 radical (unpaired) electrons. The molecule has 0 saturated carbocycles. The predicted octanol–water partition coefficient (Wildman–Crippen LogP) is 4.49. The van der Waals surface area contributed by atoms with Crippen LogP contribution in [0.25, 0.3) is 5.69 Å². The Hall–Kier alpha value is -4.70. The van der Waals surface area contributed by atoms with Gasteiger partial charge in [0.15, 0.2) is 0 Å². The van der Waals surface area contributed by atoms with Crippen LogP contribution in [0.1, 0.15) is 27.0 Å². The third kappa shape index (κ3) is 5.51. The predicted molar refractivity (Wildman–Crippen MR) is 126 cm³/mol. The summed E-state index contributed by atoms with van der Waals surface area (Å²) >= 11 is 0. The molecule has 0 saturated heterocycles. The van der Waals surface area contributed by atoms with Crippen molar-refractivity contribution in [2.45, 2.75) is 13.3 Å². The van der Waals surface area contributed by atoms with Crippen molar-refractivity contribution in [3.8, 4) is 11.8 Å². The van der Waals surface area contributed by atoms with Crippen LogP contribution in [0.4, 0.5) is 11.4 Å². The van der Waals surface area contributed by atoms with E-state index in [0.29, 0.717) is 28.2 Å². The molecule has 1 heterocycles. The summed E-state index contributed by atoms with van der Waals surface area (Å²) < 4.78 is 1.59. The monoisotopic (exact) mass is 435 g/mol. The van der Waals surface area contributed by atoms with Crippen molar-refractivity contribution >= 4 is 23.2 Å². The lowest BCUT2D eigenvalue weighted by Gasteiger charge is -2.07. The van der Waals surface area contributed by atoms with Gasteiger partial charge in [0.05, 0.1) is 41.8 Å². The van der Waals surface area contributed by atoms with Gasteiger partial charge in [-0.25, -0.2) is 4.68 Å². The van der Waals surface area contributed by atoms with Crippen molar-refractivity contribution in [3.63, 3.8) is 0 Å². The summed E-state index contributed by atoms with van der Waals surface area (Å²) in [6.45, 7) is 1.99. The van der Waals surface area contributed by atoms with Gasteiger partial charge < -0.3 is 10.6 Å². The maximum Gasteiger partial charge on any atom is 0.255 e.